The summed E-state index contributed by atoms with van der Waals surface area (Å²) in [4.78, 5) is 45.4. The van der Waals surface area contributed by atoms with Crippen LogP contribution in [0.1, 0.15) is 70.2 Å². The Morgan fingerprint density at radius 2 is 1.50 bits per heavy atom. The third-order valence-electron chi connectivity index (χ3n) is 8.49. The number of carbonyl (C=O) groups excluding carboxylic acids is 1. The second kappa shape index (κ2) is 11.9. The lowest BCUT2D eigenvalue weighted by molar-refractivity contribution is -0.275. The third-order valence-corrected chi connectivity index (χ3v) is 8.49. The summed E-state index contributed by atoms with van der Waals surface area (Å²) in [5.41, 5.74) is 8.84. The van der Waals surface area contributed by atoms with Crippen LogP contribution in [0.15, 0.2) is 23.4 Å². The van der Waals surface area contributed by atoms with Gasteiger partial charge in [-0.2, -0.15) is 0 Å². The number of amides is 1. The van der Waals surface area contributed by atoms with Crippen LogP contribution in [0.2, 0.25) is 0 Å². The summed E-state index contributed by atoms with van der Waals surface area (Å²) < 4.78 is 0. The molecule has 3 aromatic rings. The molecule has 0 saturated carbocycles. The van der Waals surface area contributed by atoms with Gasteiger partial charge in [-0.1, -0.05) is 12.7 Å². The highest BCUT2D eigenvalue weighted by atomic mass is 16.4. The normalized spacial score (nSPS) is 18.0. The van der Waals surface area contributed by atoms with Gasteiger partial charge in [-0.3, -0.25) is 14.4 Å². The Hall–Kier alpha value is -5.03. The number of nitrogens with one attached hydrogen (secondary N) is 5. The summed E-state index contributed by atoms with van der Waals surface area (Å²) in [7, 11) is 0. The second-order valence-electron chi connectivity index (χ2n) is 11.3. The number of hydrogen-bond donors (Lipinski definition) is 7. The van der Waals surface area contributed by atoms with Gasteiger partial charge in [0.05, 0.1) is 6.04 Å². The number of carboxylic acid groups (broad SMARTS) is 2. The molecule has 0 bridgehead atoms. The Morgan fingerprint density at radius 3 is 2.11 bits per heavy atom. The highest BCUT2D eigenvalue weighted by molar-refractivity contribution is 6.03. The van der Waals surface area contributed by atoms with Crippen molar-refractivity contribution in [2.24, 2.45) is 0 Å². The number of aromatic amines is 3. The lowest BCUT2D eigenvalue weighted by Crippen LogP contribution is -2.19. The lowest BCUT2D eigenvalue weighted by Gasteiger charge is -2.02. The monoisotopic (exact) mass is 598 g/mol. The molecule has 1 amide bonds. The van der Waals surface area contributed by atoms with Crippen LogP contribution in [0.5, 0.6) is 5.88 Å². The number of allylic oxidation sites excluding steroid dienone is 1. The number of carboxylic acids is 2. The summed E-state index contributed by atoms with van der Waals surface area (Å²) in [6.45, 7) is 12.0. The minimum Gasteiger partial charge on any atom is -0.860 e. The van der Waals surface area contributed by atoms with Crippen molar-refractivity contribution < 1.29 is 29.7 Å². The van der Waals surface area contributed by atoms with Gasteiger partial charge in [-0.25, -0.2) is 0 Å². The van der Waals surface area contributed by atoms with Gasteiger partial charge in [0.25, 0.3) is 5.91 Å². The number of carbonyl (C=O) groups is 3. The van der Waals surface area contributed by atoms with E-state index in [0.29, 0.717) is 38.9 Å². The largest absolute Gasteiger partial charge is 0.860 e. The van der Waals surface area contributed by atoms with E-state index in [-0.39, 0.29) is 43.5 Å². The number of hydrogen-bond acceptors (Lipinski definition) is 5. The van der Waals surface area contributed by atoms with Crippen LogP contribution in [0.4, 0.5) is 0 Å². The Morgan fingerprint density at radius 1 is 0.864 bits per heavy atom. The van der Waals surface area contributed by atoms with Crippen LogP contribution >= 0.6 is 0 Å². The molecular weight excluding hydrogens is 562 g/mol. The molecule has 0 spiro atoms. The first-order valence-electron chi connectivity index (χ1n) is 14.4. The van der Waals surface area contributed by atoms with E-state index in [1.165, 1.54) is 0 Å². The van der Waals surface area contributed by atoms with Crippen LogP contribution in [-0.4, -0.2) is 55.6 Å². The summed E-state index contributed by atoms with van der Waals surface area (Å²) in [5, 5.41) is 38.7. The van der Waals surface area contributed by atoms with Crippen LogP contribution in [0.25, 0.3) is 24.3 Å². The van der Waals surface area contributed by atoms with Crippen molar-refractivity contribution in [1.29, 1.82) is 0 Å². The highest BCUT2D eigenvalue weighted by Gasteiger charge is 2.36. The molecule has 1 saturated heterocycles. The van der Waals surface area contributed by atoms with Crippen LogP contribution in [0.3, 0.4) is 0 Å². The first-order chi connectivity index (χ1) is 20.9. The zero-order chi connectivity index (χ0) is 31.9. The van der Waals surface area contributed by atoms with Crippen molar-refractivity contribution in [2.45, 2.75) is 59.4 Å². The first-order valence-corrected chi connectivity index (χ1v) is 14.4. The number of H-pyrrole nitrogens is 3. The molecular formula is C33H36N5O6-. The van der Waals surface area contributed by atoms with Gasteiger partial charge in [0.1, 0.15) is 0 Å². The van der Waals surface area contributed by atoms with Crippen molar-refractivity contribution in [1.82, 2.24) is 25.6 Å². The summed E-state index contributed by atoms with van der Waals surface area (Å²) in [6.07, 6.45) is 7.54. The van der Waals surface area contributed by atoms with E-state index in [2.05, 4.69) is 32.2 Å². The SMILES string of the molecule is C=Cc1c(/C=c2\[nH]/c(=C\c3[nH]c(/C=C4\NC(=O)C([C@@H]5CN5)=C4C)c(C)c3CCC(=O)O)c(CCC(=O)O)c2C)[nH]c([O-])c1C. The third kappa shape index (κ3) is 5.91. The topological polar surface area (TPSA) is 196 Å². The molecule has 5 heterocycles. The Bertz CT molecular complexity index is 1890. The molecule has 5 rings (SSSR count). The van der Waals surface area contributed by atoms with E-state index in [9.17, 15) is 29.7 Å². The number of aromatic nitrogens is 3. The predicted molar refractivity (Wildman–Crippen MR) is 165 cm³/mol. The Labute approximate surface area is 253 Å². The van der Waals surface area contributed by atoms with Crippen LogP contribution < -0.4 is 26.4 Å². The molecule has 7 N–H and O–H groups in total. The number of aliphatic carboxylic acids is 2. The minimum atomic E-state index is -0.929. The molecule has 0 aliphatic carbocycles. The molecule has 1 atom stereocenters. The standard InChI is InChI=1S/C33H37N5O6/c1-6-19-17(4)32(43)38-25(19)12-23-16(3)21(8-10-30(41)42)27(36-23)13-26-20(7-9-29(39)40)15(2)22(35-26)11-24-18(5)31(28-14-34-28)33(44)37-24/h6,11-13,28,34-36,38,43H,1,7-10,14H2,2-5H3,(H,37,44)(H,39,40)(H,41,42)/p-1/b23-12-,24-11-,27-13-/t28-/m0/s1. The molecule has 1 fully saturated rings. The van der Waals surface area contributed by atoms with Crippen molar-refractivity contribution >= 4 is 42.1 Å². The second-order valence-corrected chi connectivity index (χ2v) is 11.3. The lowest BCUT2D eigenvalue weighted by atomic mass is 10.0. The summed E-state index contributed by atoms with van der Waals surface area (Å²) in [6, 6.07) is 0.0599. The smallest absolute Gasteiger partial charge is 0.303 e. The quantitative estimate of drug-likeness (QED) is 0.163. The predicted octanol–water partition coefficient (Wildman–Crippen LogP) is 1.76. The molecule has 2 aliphatic heterocycles. The van der Waals surface area contributed by atoms with Gasteiger partial charge in [0.15, 0.2) is 0 Å². The van der Waals surface area contributed by atoms with E-state index in [1.807, 2.05) is 39.0 Å². The molecule has 0 unspecified atom stereocenters. The molecule has 3 aromatic heterocycles. The maximum atomic E-state index is 12.6. The average Bonchev–Trinajstić information content (AvgIpc) is 3.53. The first kappa shape index (κ1) is 30.4. The Kier molecular flexibility index (Phi) is 8.25. The van der Waals surface area contributed by atoms with Crippen molar-refractivity contribution in [3.63, 3.8) is 0 Å². The average molecular weight is 599 g/mol. The van der Waals surface area contributed by atoms with Gasteiger partial charge < -0.3 is 40.9 Å². The van der Waals surface area contributed by atoms with Crippen LogP contribution in [0, 0.1) is 20.8 Å². The Balaban J connectivity index is 1.67. The molecule has 44 heavy (non-hydrogen) atoms. The van der Waals surface area contributed by atoms with E-state index >= 15 is 0 Å². The maximum absolute atomic E-state index is 12.6. The zero-order valence-electron chi connectivity index (χ0n) is 25.2. The fourth-order valence-corrected chi connectivity index (χ4v) is 5.84. The van der Waals surface area contributed by atoms with E-state index < -0.39 is 11.9 Å². The molecule has 11 nitrogen and oxygen atoms in total. The fraction of sp³-hybridized carbons (Fsp3) is 0.303. The molecule has 2 aliphatic rings. The van der Waals surface area contributed by atoms with Gasteiger partial charge >= 0.3 is 11.9 Å². The van der Waals surface area contributed by atoms with Crippen molar-refractivity contribution in [2.75, 3.05) is 6.54 Å². The summed E-state index contributed by atoms with van der Waals surface area (Å²) >= 11 is 0. The van der Waals surface area contributed by atoms with Gasteiger partial charge in [-0.05, 0) is 98.0 Å². The van der Waals surface area contributed by atoms with Crippen LogP contribution in [-0.2, 0) is 27.2 Å². The molecule has 0 aromatic carbocycles. The van der Waals surface area contributed by atoms with E-state index in [1.54, 1.807) is 13.0 Å². The van der Waals surface area contributed by atoms with E-state index in [0.717, 1.165) is 45.6 Å². The number of rotatable bonds is 11. The van der Waals surface area contributed by atoms with Gasteiger partial charge in [0.2, 0.25) is 0 Å². The maximum Gasteiger partial charge on any atom is 0.303 e. The van der Waals surface area contributed by atoms with Crippen molar-refractivity contribution in [3.8, 4) is 5.88 Å². The van der Waals surface area contributed by atoms with Gasteiger partial charge in [0, 0.05) is 64.0 Å². The van der Waals surface area contributed by atoms with Crippen molar-refractivity contribution in [3.05, 3.63) is 84.6 Å². The summed E-state index contributed by atoms with van der Waals surface area (Å²) in [5.74, 6) is -2.18. The highest BCUT2D eigenvalue weighted by Crippen LogP contribution is 2.30. The zero-order valence-corrected chi connectivity index (χ0v) is 25.2. The minimum absolute atomic E-state index is 0.0599. The van der Waals surface area contributed by atoms with E-state index in [4.69, 9.17) is 0 Å². The molecule has 0 radical (unpaired) electrons. The molecule has 230 valence electrons. The van der Waals surface area contributed by atoms with Gasteiger partial charge in [-0.15, -0.1) is 0 Å². The molecule has 11 heteroatoms. The fourth-order valence-electron chi connectivity index (χ4n) is 5.84.